The second-order valence-corrected chi connectivity index (χ2v) is 8.58. The van der Waals surface area contributed by atoms with Gasteiger partial charge in [0, 0.05) is 50.7 Å². The topological polar surface area (TPSA) is 142 Å². The number of hydrogen-bond acceptors (Lipinski definition) is 10. The Hall–Kier alpha value is -4.32. The highest BCUT2D eigenvalue weighted by Crippen LogP contribution is 2.27. The molecule has 178 valence electrons. The van der Waals surface area contributed by atoms with E-state index in [1.54, 1.807) is 6.92 Å². The van der Waals surface area contributed by atoms with Crippen molar-refractivity contribution < 1.29 is 9.59 Å². The molecule has 0 unspecified atom stereocenters. The van der Waals surface area contributed by atoms with Crippen molar-refractivity contribution in [2.45, 2.75) is 6.92 Å². The van der Waals surface area contributed by atoms with Gasteiger partial charge in [-0.15, -0.1) is 0 Å². The normalized spacial score (nSPS) is 13.6. The number of nitrogens with one attached hydrogen (secondary N) is 2. The molecule has 5 rings (SSSR count). The van der Waals surface area contributed by atoms with E-state index >= 15 is 0 Å². The highest BCUT2D eigenvalue weighted by Gasteiger charge is 2.19. The number of piperazine rings is 1. The second-order valence-electron chi connectivity index (χ2n) is 8.05. The number of carbonyl (C=O) groups excluding carboxylic acids is 2. The fraction of sp³-hybridized carbons (Fsp3) is 0.217. The third-order valence-electron chi connectivity index (χ3n) is 5.81. The molecule has 0 bridgehead atoms. The van der Waals surface area contributed by atoms with Crippen LogP contribution in [0.3, 0.4) is 0 Å². The van der Waals surface area contributed by atoms with Crippen molar-refractivity contribution in [1.82, 2.24) is 23.6 Å². The van der Waals surface area contributed by atoms with Crippen LogP contribution in [-0.4, -0.2) is 61.6 Å². The highest BCUT2D eigenvalue weighted by atomic mass is 32.1. The molecule has 0 radical (unpaired) electrons. The van der Waals surface area contributed by atoms with Crippen molar-refractivity contribution in [3.63, 3.8) is 0 Å². The van der Waals surface area contributed by atoms with Crippen LogP contribution in [0.1, 0.15) is 17.3 Å². The van der Waals surface area contributed by atoms with Crippen LogP contribution >= 0.6 is 11.7 Å². The Labute approximate surface area is 205 Å². The summed E-state index contributed by atoms with van der Waals surface area (Å²) >= 11 is 1.11. The molecule has 2 amide bonds. The number of amides is 2. The van der Waals surface area contributed by atoms with Gasteiger partial charge < -0.3 is 26.2 Å². The molecule has 2 aromatic heterocycles. The van der Waals surface area contributed by atoms with E-state index in [9.17, 15) is 9.59 Å². The number of nitrogens with zero attached hydrogens (tertiary/aromatic N) is 6. The standard InChI is InChI=1S/C23H23N9O2S/c1-14(33)31-9-11-32(12-10-31)16-7-5-15(6-8-16)26-23-25-13-17(21(24)34)22(28-23)27-18-3-2-4-19-20(18)30-35-29-19/h2-8,13H,9-12H2,1H3,(H2,24,34)(H2,25,26,27,28). The van der Waals surface area contributed by atoms with Crippen LogP contribution in [0.15, 0.2) is 48.7 Å². The van der Waals surface area contributed by atoms with Crippen molar-refractivity contribution in [3.05, 3.63) is 54.2 Å². The molecule has 4 aromatic rings. The van der Waals surface area contributed by atoms with Crippen molar-refractivity contribution in [2.24, 2.45) is 5.73 Å². The van der Waals surface area contributed by atoms with Crippen LogP contribution in [0.25, 0.3) is 11.0 Å². The molecule has 3 heterocycles. The summed E-state index contributed by atoms with van der Waals surface area (Å²) in [5, 5.41) is 6.32. The number of rotatable bonds is 6. The molecule has 0 atom stereocenters. The summed E-state index contributed by atoms with van der Waals surface area (Å²) in [4.78, 5) is 36.4. The summed E-state index contributed by atoms with van der Waals surface area (Å²) in [6, 6.07) is 13.4. The maximum Gasteiger partial charge on any atom is 0.254 e. The summed E-state index contributed by atoms with van der Waals surface area (Å²) < 4.78 is 8.55. The van der Waals surface area contributed by atoms with Crippen LogP contribution in [0, 0.1) is 0 Å². The minimum atomic E-state index is -0.642. The lowest BCUT2D eigenvalue weighted by Crippen LogP contribution is -2.48. The summed E-state index contributed by atoms with van der Waals surface area (Å²) in [7, 11) is 0. The van der Waals surface area contributed by atoms with Gasteiger partial charge in [-0.05, 0) is 36.4 Å². The predicted molar refractivity (Wildman–Crippen MR) is 135 cm³/mol. The summed E-state index contributed by atoms with van der Waals surface area (Å²) in [6.07, 6.45) is 1.39. The van der Waals surface area contributed by atoms with Gasteiger partial charge >= 0.3 is 0 Å². The number of hydrogen-bond donors (Lipinski definition) is 3. The molecular weight excluding hydrogens is 466 g/mol. The SMILES string of the molecule is CC(=O)N1CCN(c2ccc(Nc3ncc(C(N)=O)c(Nc4cccc5nsnc45)n3)cc2)CC1. The zero-order valence-electron chi connectivity index (χ0n) is 18.9. The molecule has 1 fully saturated rings. The van der Waals surface area contributed by atoms with E-state index in [1.165, 1.54) is 6.20 Å². The van der Waals surface area contributed by atoms with Gasteiger partial charge in [0.15, 0.2) is 0 Å². The molecule has 1 saturated heterocycles. The number of fused-ring (bicyclic) bond motifs is 1. The zero-order chi connectivity index (χ0) is 24.4. The van der Waals surface area contributed by atoms with Crippen molar-refractivity contribution >= 4 is 63.4 Å². The average molecular weight is 490 g/mol. The molecule has 2 aromatic carbocycles. The van der Waals surface area contributed by atoms with Gasteiger partial charge in [0.1, 0.15) is 22.4 Å². The van der Waals surface area contributed by atoms with E-state index in [4.69, 9.17) is 5.73 Å². The highest BCUT2D eigenvalue weighted by molar-refractivity contribution is 7.00. The van der Waals surface area contributed by atoms with E-state index in [-0.39, 0.29) is 17.3 Å². The molecular formula is C23H23N9O2S. The first-order chi connectivity index (χ1) is 17.0. The summed E-state index contributed by atoms with van der Waals surface area (Å²) in [6.45, 7) is 4.62. The molecule has 0 saturated carbocycles. The molecule has 1 aliphatic rings. The van der Waals surface area contributed by atoms with E-state index in [0.29, 0.717) is 17.2 Å². The minimum Gasteiger partial charge on any atom is -0.368 e. The Morgan fingerprint density at radius 3 is 2.49 bits per heavy atom. The summed E-state index contributed by atoms with van der Waals surface area (Å²) in [5.74, 6) is 0.0524. The number of benzene rings is 2. The van der Waals surface area contributed by atoms with Gasteiger partial charge in [-0.3, -0.25) is 9.59 Å². The van der Waals surface area contributed by atoms with Crippen LogP contribution < -0.4 is 21.3 Å². The molecule has 0 spiro atoms. The van der Waals surface area contributed by atoms with Crippen molar-refractivity contribution in [1.29, 1.82) is 0 Å². The van der Waals surface area contributed by atoms with E-state index < -0.39 is 5.91 Å². The van der Waals surface area contributed by atoms with E-state index in [1.807, 2.05) is 47.4 Å². The largest absolute Gasteiger partial charge is 0.368 e. The number of anilines is 5. The summed E-state index contributed by atoms with van der Waals surface area (Å²) in [5.41, 5.74) is 9.67. The third-order valence-corrected chi connectivity index (χ3v) is 6.35. The maximum absolute atomic E-state index is 12.0. The molecule has 12 heteroatoms. The molecule has 11 nitrogen and oxygen atoms in total. The van der Waals surface area contributed by atoms with Crippen LogP contribution in [0.5, 0.6) is 0 Å². The Bertz CT molecular complexity index is 1380. The smallest absolute Gasteiger partial charge is 0.254 e. The number of aromatic nitrogens is 4. The van der Waals surface area contributed by atoms with Crippen molar-refractivity contribution in [3.8, 4) is 0 Å². The van der Waals surface area contributed by atoms with Gasteiger partial charge in [0.05, 0.1) is 17.4 Å². The lowest BCUT2D eigenvalue weighted by Gasteiger charge is -2.35. The van der Waals surface area contributed by atoms with Crippen LogP contribution in [0.4, 0.5) is 28.8 Å². The van der Waals surface area contributed by atoms with Crippen LogP contribution in [-0.2, 0) is 4.79 Å². The van der Waals surface area contributed by atoms with Gasteiger partial charge in [0.25, 0.3) is 5.91 Å². The van der Waals surface area contributed by atoms with E-state index in [2.05, 4.69) is 34.2 Å². The fourth-order valence-electron chi connectivity index (χ4n) is 3.92. The lowest BCUT2D eigenvalue weighted by molar-refractivity contribution is -0.129. The minimum absolute atomic E-state index is 0.111. The first-order valence-electron chi connectivity index (χ1n) is 11.0. The number of carbonyl (C=O) groups is 2. The monoisotopic (exact) mass is 489 g/mol. The van der Waals surface area contributed by atoms with Gasteiger partial charge in [0.2, 0.25) is 11.9 Å². The maximum atomic E-state index is 12.0. The number of primary amides is 1. The Kier molecular flexibility index (Phi) is 6.10. The Balaban J connectivity index is 1.33. The molecule has 4 N–H and O–H groups in total. The quantitative estimate of drug-likeness (QED) is 0.372. The lowest BCUT2D eigenvalue weighted by atomic mass is 10.2. The Morgan fingerprint density at radius 2 is 1.77 bits per heavy atom. The van der Waals surface area contributed by atoms with Gasteiger partial charge in [-0.25, -0.2) is 4.98 Å². The van der Waals surface area contributed by atoms with E-state index in [0.717, 1.165) is 54.8 Å². The first-order valence-corrected chi connectivity index (χ1v) is 11.7. The van der Waals surface area contributed by atoms with Gasteiger partial charge in [-0.1, -0.05) is 6.07 Å². The van der Waals surface area contributed by atoms with Crippen LogP contribution in [0.2, 0.25) is 0 Å². The Morgan fingerprint density at radius 1 is 1.00 bits per heavy atom. The second kappa shape index (κ2) is 9.50. The number of nitrogens with two attached hydrogens (primary N) is 1. The third kappa shape index (κ3) is 4.82. The predicted octanol–water partition coefficient (Wildman–Crippen LogP) is 2.74. The molecule has 35 heavy (non-hydrogen) atoms. The average Bonchev–Trinajstić information content (AvgIpc) is 3.35. The zero-order valence-corrected chi connectivity index (χ0v) is 19.7. The first kappa shape index (κ1) is 22.5. The molecule has 1 aliphatic heterocycles. The fourth-order valence-corrected chi connectivity index (χ4v) is 4.47. The van der Waals surface area contributed by atoms with Crippen molar-refractivity contribution in [2.75, 3.05) is 41.7 Å². The molecule has 0 aliphatic carbocycles. The van der Waals surface area contributed by atoms with Gasteiger partial charge in [-0.2, -0.15) is 13.7 Å².